The third kappa shape index (κ3) is 3.23. The first-order valence-electron chi connectivity index (χ1n) is 5.95. The lowest BCUT2D eigenvalue weighted by Crippen LogP contribution is -2.39. The molecule has 0 amide bonds. The van der Waals surface area contributed by atoms with Gasteiger partial charge in [0.1, 0.15) is 11.6 Å². The van der Waals surface area contributed by atoms with E-state index in [1.165, 1.54) is 25.0 Å². The van der Waals surface area contributed by atoms with Gasteiger partial charge >= 0.3 is 0 Å². The van der Waals surface area contributed by atoms with Gasteiger partial charge in [0.15, 0.2) is 0 Å². The molecule has 0 bridgehead atoms. The monoisotopic (exact) mass is 240 g/mol. The number of halogens is 2. The molecule has 0 aliphatic heterocycles. The number of hydrogen-bond acceptors (Lipinski definition) is 2. The fourth-order valence-electron chi connectivity index (χ4n) is 2.32. The average Bonchev–Trinajstić information content (AvgIpc) is 3.01. The largest absolute Gasteiger partial charge is 0.329 e. The summed E-state index contributed by atoms with van der Waals surface area (Å²) >= 11 is 0. The van der Waals surface area contributed by atoms with Crippen LogP contribution in [-0.4, -0.2) is 24.5 Å². The van der Waals surface area contributed by atoms with Gasteiger partial charge in [-0.05, 0) is 43.5 Å². The molecular weight excluding hydrogens is 222 g/mol. The van der Waals surface area contributed by atoms with Crippen molar-refractivity contribution in [2.75, 3.05) is 13.6 Å². The molecule has 0 saturated heterocycles. The van der Waals surface area contributed by atoms with Crippen molar-refractivity contribution >= 4 is 0 Å². The van der Waals surface area contributed by atoms with Gasteiger partial charge in [-0.3, -0.25) is 4.90 Å². The molecule has 1 saturated carbocycles. The van der Waals surface area contributed by atoms with Gasteiger partial charge in [-0.1, -0.05) is 0 Å². The second-order valence-electron chi connectivity index (χ2n) is 4.83. The van der Waals surface area contributed by atoms with E-state index in [-0.39, 0.29) is 0 Å². The lowest BCUT2D eigenvalue weighted by Gasteiger charge is -2.27. The third-order valence-electron chi connectivity index (χ3n) is 3.33. The Morgan fingerprint density at radius 1 is 1.29 bits per heavy atom. The van der Waals surface area contributed by atoms with Crippen molar-refractivity contribution in [2.24, 2.45) is 11.7 Å². The van der Waals surface area contributed by atoms with Crippen LogP contribution in [0.3, 0.4) is 0 Å². The molecule has 1 unspecified atom stereocenters. The quantitative estimate of drug-likeness (QED) is 0.854. The van der Waals surface area contributed by atoms with E-state index < -0.39 is 11.6 Å². The van der Waals surface area contributed by atoms with Crippen molar-refractivity contribution in [3.05, 3.63) is 35.4 Å². The molecule has 1 aliphatic rings. The Hall–Kier alpha value is -1.00. The summed E-state index contributed by atoms with van der Waals surface area (Å²) in [5, 5.41) is 0. The van der Waals surface area contributed by atoms with Crippen LogP contribution in [-0.2, 0) is 6.54 Å². The van der Waals surface area contributed by atoms with Crippen molar-refractivity contribution in [3.8, 4) is 0 Å². The maximum Gasteiger partial charge on any atom is 0.126 e. The van der Waals surface area contributed by atoms with Gasteiger partial charge in [-0.2, -0.15) is 0 Å². The van der Waals surface area contributed by atoms with Gasteiger partial charge in [-0.25, -0.2) is 8.78 Å². The van der Waals surface area contributed by atoms with E-state index in [9.17, 15) is 8.78 Å². The Labute approximate surface area is 100 Å². The summed E-state index contributed by atoms with van der Waals surface area (Å²) in [6, 6.07) is 3.96. The third-order valence-corrected chi connectivity index (χ3v) is 3.33. The highest BCUT2D eigenvalue weighted by atomic mass is 19.1. The molecule has 2 N–H and O–H groups in total. The standard InChI is InChI=1S/C13H18F2N2/c1-17(13(7-16)10-2-3-10)8-9-4-11(14)6-12(15)5-9/h4-6,10,13H,2-3,7-8,16H2,1H3. The zero-order valence-corrected chi connectivity index (χ0v) is 10.00. The van der Waals surface area contributed by atoms with Crippen LogP contribution in [0.25, 0.3) is 0 Å². The van der Waals surface area contributed by atoms with Gasteiger partial charge < -0.3 is 5.73 Å². The SMILES string of the molecule is CN(Cc1cc(F)cc(F)c1)C(CN)C1CC1. The number of likely N-dealkylation sites (N-methyl/N-ethyl adjacent to an activating group) is 1. The first-order valence-corrected chi connectivity index (χ1v) is 5.95. The Morgan fingerprint density at radius 3 is 2.35 bits per heavy atom. The van der Waals surface area contributed by atoms with Crippen LogP contribution in [0.2, 0.25) is 0 Å². The Bertz CT molecular complexity index is 371. The molecule has 0 radical (unpaired) electrons. The van der Waals surface area contributed by atoms with Gasteiger partial charge in [0.2, 0.25) is 0 Å². The van der Waals surface area contributed by atoms with E-state index in [0.29, 0.717) is 30.6 Å². The number of benzene rings is 1. The van der Waals surface area contributed by atoms with Gasteiger partial charge in [0.05, 0.1) is 0 Å². The van der Waals surface area contributed by atoms with E-state index >= 15 is 0 Å². The van der Waals surface area contributed by atoms with E-state index in [0.717, 1.165) is 6.07 Å². The molecule has 0 heterocycles. The molecule has 2 nitrogen and oxygen atoms in total. The van der Waals surface area contributed by atoms with Crippen molar-refractivity contribution in [1.82, 2.24) is 4.90 Å². The molecule has 0 spiro atoms. The summed E-state index contributed by atoms with van der Waals surface area (Å²) in [6.07, 6.45) is 2.42. The predicted molar refractivity (Wildman–Crippen MR) is 63.4 cm³/mol. The van der Waals surface area contributed by atoms with Crippen LogP contribution in [0.4, 0.5) is 8.78 Å². The smallest absolute Gasteiger partial charge is 0.126 e. The summed E-state index contributed by atoms with van der Waals surface area (Å²) in [7, 11) is 1.96. The summed E-state index contributed by atoms with van der Waals surface area (Å²) < 4.78 is 26.1. The predicted octanol–water partition coefficient (Wildman–Crippen LogP) is 2.13. The Morgan fingerprint density at radius 2 is 1.88 bits per heavy atom. The highest BCUT2D eigenvalue weighted by molar-refractivity contribution is 5.18. The van der Waals surface area contributed by atoms with Crippen LogP contribution < -0.4 is 5.73 Å². The summed E-state index contributed by atoms with van der Waals surface area (Å²) in [5.74, 6) is -0.392. The minimum Gasteiger partial charge on any atom is -0.329 e. The van der Waals surface area contributed by atoms with Crippen molar-refractivity contribution in [2.45, 2.75) is 25.4 Å². The summed E-state index contributed by atoms with van der Waals surface area (Å²) in [5.41, 5.74) is 6.39. The topological polar surface area (TPSA) is 29.3 Å². The van der Waals surface area contributed by atoms with Crippen LogP contribution in [0.1, 0.15) is 18.4 Å². The van der Waals surface area contributed by atoms with E-state index in [1.54, 1.807) is 0 Å². The maximum absolute atomic E-state index is 13.0. The fraction of sp³-hybridized carbons (Fsp3) is 0.538. The maximum atomic E-state index is 13.0. The van der Waals surface area contributed by atoms with Crippen LogP contribution >= 0.6 is 0 Å². The van der Waals surface area contributed by atoms with Gasteiger partial charge in [-0.15, -0.1) is 0 Å². The zero-order chi connectivity index (χ0) is 12.4. The van der Waals surface area contributed by atoms with Crippen molar-refractivity contribution in [3.63, 3.8) is 0 Å². The van der Waals surface area contributed by atoms with Crippen molar-refractivity contribution in [1.29, 1.82) is 0 Å². The number of nitrogens with zero attached hydrogens (tertiary/aromatic N) is 1. The molecule has 94 valence electrons. The van der Waals surface area contributed by atoms with Crippen LogP contribution in [0.15, 0.2) is 18.2 Å². The van der Waals surface area contributed by atoms with Gasteiger partial charge in [0.25, 0.3) is 0 Å². The molecule has 1 fully saturated rings. The molecule has 1 aliphatic carbocycles. The molecule has 4 heteroatoms. The van der Waals surface area contributed by atoms with E-state index in [2.05, 4.69) is 4.90 Å². The molecule has 1 aromatic rings. The number of nitrogens with two attached hydrogens (primary N) is 1. The molecule has 0 aromatic heterocycles. The molecule has 1 aromatic carbocycles. The normalized spacial score (nSPS) is 17.5. The Balaban J connectivity index is 2.03. The number of rotatable bonds is 5. The average molecular weight is 240 g/mol. The fourth-order valence-corrected chi connectivity index (χ4v) is 2.32. The first kappa shape index (κ1) is 12.5. The molecule has 17 heavy (non-hydrogen) atoms. The minimum absolute atomic E-state index is 0.321. The lowest BCUT2D eigenvalue weighted by atomic mass is 10.1. The van der Waals surface area contributed by atoms with Crippen LogP contribution in [0, 0.1) is 17.6 Å². The molecule has 1 atom stereocenters. The van der Waals surface area contributed by atoms with Crippen LogP contribution in [0.5, 0.6) is 0 Å². The second-order valence-corrected chi connectivity index (χ2v) is 4.83. The van der Waals surface area contributed by atoms with Gasteiger partial charge in [0, 0.05) is 25.2 Å². The Kier molecular flexibility index (Phi) is 3.74. The highest BCUT2D eigenvalue weighted by Gasteiger charge is 2.32. The lowest BCUT2D eigenvalue weighted by molar-refractivity contribution is 0.215. The minimum atomic E-state index is -0.524. The second kappa shape index (κ2) is 5.10. The number of hydrogen-bond donors (Lipinski definition) is 1. The summed E-state index contributed by atoms with van der Waals surface area (Å²) in [4.78, 5) is 2.09. The first-order chi connectivity index (χ1) is 8.10. The molecule has 2 rings (SSSR count). The summed E-state index contributed by atoms with van der Waals surface area (Å²) in [6.45, 7) is 1.13. The highest BCUT2D eigenvalue weighted by Crippen LogP contribution is 2.34. The molecular formula is C13H18F2N2. The zero-order valence-electron chi connectivity index (χ0n) is 10.00. The van der Waals surface area contributed by atoms with E-state index in [1.807, 2.05) is 7.05 Å². The van der Waals surface area contributed by atoms with E-state index in [4.69, 9.17) is 5.73 Å². The van der Waals surface area contributed by atoms with Crippen molar-refractivity contribution < 1.29 is 8.78 Å².